The number of carbonyl (C=O) groups is 1. The van der Waals surface area contributed by atoms with Gasteiger partial charge < -0.3 is 14.2 Å². The Bertz CT molecular complexity index is 928. The summed E-state index contributed by atoms with van der Waals surface area (Å²) in [4.78, 5) is 16.9. The number of aryl methyl sites for hydroxylation is 2. The fourth-order valence-corrected chi connectivity index (χ4v) is 3.36. The largest absolute Gasteiger partial charge is 0.493 e. The zero-order chi connectivity index (χ0) is 18.7. The van der Waals surface area contributed by atoms with Gasteiger partial charge in [0.2, 0.25) is 0 Å². The van der Waals surface area contributed by atoms with E-state index in [2.05, 4.69) is 4.98 Å². The van der Waals surface area contributed by atoms with Crippen LogP contribution in [-0.4, -0.2) is 25.2 Å². The second-order valence-corrected chi connectivity index (χ2v) is 6.58. The molecule has 0 aliphatic carbocycles. The van der Waals surface area contributed by atoms with Crippen LogP contribution in [0.25, 0.3) is 10.6 Å². The molecular formula is C20H19NO4S. The zero-order valence-electron chi connectivity index (χ0n) is 15.0. The number of methoxy groups -OCH3 is 2. The number of thiazole rings is 1. The van der Waals surface area contributed by atoms with Gasteiger partial charge >= 0.3 is 5.97 Å². The maximum atomic E-state index is 12.5. The molecule has 0 N–H and O–H groups in total. The minimum absolute atomic E-state index is 0.280. The number of esters is 1. The minimum Gasteiger partial charge on any atom is -0.493 e. The van der Waals surface area contributed by atoms with Crippen LogP contribution in [0.3, 0.4) is 0 Å². The number of aromatic nitrogens is 1. The molecule has 0 aliphatic heterocycles. The van der Waals surface area contributed by atoms with Crippen LogP contribution < -0.4 is 14.2 Å². The molecule has 0 aliphatic rings. The van der Waals surface area contributed by atoms with Crippen molar-refractivity contribution >= 4 is 17.3 Å². The van der Waals surface area contributed by atoms with Gasteiger partial charge in [-0.2, -0.15) is 0 Å². The lowest BCUT2D eigenvalue weighted by molar-refractivity contribution is 0.0727. The van der Waals surface area contributed by atoms with Crippen LogP contribution in [-0.2, 0) is 0 Å². The lowest BCUT2D eigenvalue weighted by Gasteiger charge is -2.09. The Morgan fingerprint density at radius 2 is 1.69 bits per heavy atom. The first-order valence-corrected chi connectivity index (χ1v) is 8.87. The van der Waals surface area contributed by atoms with Crippen molar-refractivity contribution in [1.29, 1.82) is 0 Å². The summed E-state index contributed by atoms with van der Waals surface area (Å²) in [5.41, 5.74) is 2.95. The minimum atomic E-state index is -0.467. The zero-order valence-corrected chi connectivity index (χ0v) is 15.8. The van der Waals surface area contributed by atoms with Gasteiger partial charge in [0.1, 0.15) is 10.8 Å². The van der Waals surface area contributed by atoms with Crippen LogP contribution in [0.4, 0.5) is 0 Å². The van der Waals surface area contributed by atoms with Gasteiger partial charge in [-0.1, -0.05) is 18.2 Å². The smallest absolute Gasteiger partial charge is 0.363 e. The first-order chi connectivity index (χ1) is 12.5. The van der Waals surface area contributed by atoms with E-state index in [9.17, 15) is 4.79 Å². The number of rotatable bonds is 5. The monoisotopic (exact) mass is 369 g/mol. The normalized spacial score (nSPS) is 10.5. The maximum absolute atomic E-state index is 12.5. The number of ether oxygens (including phenoxy) is 3. The van der Waals surface area contributed by atoms with Gasteiger partial charge in [0, 0.05) is 10.9 Å². The molecule has 2 aromatic carbocycles. The second kappa shape index (κ2) is 7.58. The molecule has 6 heteroatoms. The fraction of sp³-hybridized carbons (Fsp3) is 0.200. The van der Waals surface area contributed by atoms with Crippen molar-refractivity contribution in [2.75, 3.05) is 14.2 Å². The molecule has 0 bridgehead atoms. The predicted octanol–water partition coefficient (Wildman–Crippen LogP) is 4.66. The molecule has 0 fully saturated rings. The van der Waals surface area contributed by atoms with Crippen LogP contribution in [0.1, 0.15) is 21.6 Å². The Morgan fingerprint density at radius 3 is 2.35 bits per heavy atom. The number of para-hydroxylation sites is 1. The molecule has 0 unspecified atom stereocenters. The lowest BCUT2D eigenvalue weighted by Crippen LogP contribution is -2.10. The summed E-state index contributed by atoms with van der Waals surface area (Å²) < 4.78 is 16.1. The van der Waals surface area contributed by atoms with Crippen molar-refractivity contribution < 1.29 is 19.0 Å². The number of nitrogens with zero attached hydrogens (tertiary/aromatic N) is 1. The fourth-order valence-electron chi connectivity index (χ4n) is 2.57. The number of hydrogen-bond acceptors (Lipinski definition) is 6. The Hall–Kier alpha value is -2.86. The third-order valence-electron chi connectivity index (χ3n) is 3.95. The molecule has 0 radical (unpaired) electrons. The highest BCUT2D eigenvalue weighted by molar-refractivity contribution is 7.13. The van der Waals surface area contributed by atoms with E-state index < -0.39 is 5.97 Å². The lowest BCUT2D eigenvalue weighted by atomic mass is 10.1. The Morgan fingerprint density at radius 1 is 1.00 bits per heavy atom. The number of hydrogen-bond donors (Lipinski definition) is 0. The van der Waals surface area contributed by atoms with Crippen LogP contribution >= 0.6 is 11.3 Å². The van der Waals surface area contributed by atoms with Crippen LogP contribution in [0.5, 0.6) is 17.2 Å². The first kappa shape index (κ1) is 17.9. The highest BCUT2D eigenvalue weighted by atomic mass is 32.1. The van der Waals surface area contributed by atoms with Crippen LogP contribution in [0.15, 0.2) is 41.8 Å². The Balaban J connectivity index is 1.85. The molecule has 0 saturated carbocycles. The van der Waals surface area contributed by atoms with Gasteiger partial charge in [0.15, 0.2) is 17.2 Å². The summed E-state index contributed by atoms with van der Waals surface area (Å²) in [7, 11) is 3.17. The summed E-state index contributed by atoms with van der Waals surface area (Å²) in [6, 6.07) is 11.3. The molecule has 26 heavy (non-hydrogen) atoms. The number of benzene rings is 2. The van der Waals surface area contributed by atoms with E-state index in [1.165, 1.54) is 11.3 Å². The Labute approximate surface area is 156 Å². The van der Waals surface area contributed by atoms with Crippen LogP contribution in [0, 0.1) is 13.8 Å². The quantitative estimate of drug-likeness (QED) is 0.483. The average molecular weight is 369 g/mol. The van der Waals surface area contributed by atoms with E-state index in [0.29, 0.717) is 22.3 Å². The van der Waals surface area contributed by atoms with Crippen molar-refractivity contribution in [3.05, 3.63) is 58.6 Å². The first-order valence-electron chi connectivity index (χ1n) is 7.99. The molecule has 3 aromatic rings. The van der Waals surface area contributed by atoms with E-state index in [1.807, 2.05) is 50.2 Å². The number of carbonyl (C=O) groups excluding carboxylic acids is 1. The van der Waals surface area contributed by atoms with Gasteiger partial charge in [-0.3, -0.25) is 0 Å². The van der Waals surface area contributed by atoms with E-state index >= 15 is 0 Å². The maximum Gasteiger partial charge on any atom is 0.363 e. The summed E-state index contributed by atoms with van der Waals surface area (Å²) in [5, 5.41) is 2.40. The molecule has 1 aromatic heterocycles. The topological polar surface area (TPSA) is 57.7 Å². The van der Waals surface area contributed by atoms with E-state index in [4.69, 9.17) is 14.2 Å². The van der Waals surface area contributed by atoms with Gasteiger partial charge in [-0.05, 0) is 43.2 Å². The second-order valence-electron chi connectivity index (χ2n) is 5.72. The van der Waals surface area contributed by atoms with Crippen molar-refractivity contribution in [3.63, 3.8) is 0 Å². The summed E-state index contributed by atoms with van der Waals surface area (Å²) >= 11 is 1.37. The molecule has 5 nitrogen and oxygen atoms in total. The van der Waals surface area contributed by atoms with Crippen molar-refractivity contribution in [2.45, 2.75) is 13.8 Å². The van der Waals surface area contributed by atoms with Crippen molar-refractivity contribution in [3.8, 4) is 27.8 Å². The SMILES string of the molecule is COc1ccc(-c2nc(C(=O)Oc3c(C)cccc3C)cs2)cc1OC. The summed E-state index contributed by atoms with van der Waals surface area (Å²) in [6.45, 7) is 3.82. The molecule has 1 heterocycles. The van der Waals surface area contributed by atoms with Gasteiger partial charge in [-0.25, -0.2) is 9.78 Å². The van der Waals surface area contributed by atoms with Gasteiger partial charge in [0.05, 0.1) is 14.2 Å². The average Bonchev–Trinajstić information content (AvgIpc) is 3.14. The van der Waals surface area contributed by atoms with Gasteiger partial charge in [0.25, 0.3) is 0 Å². The highest BCUT2D eigenvalue weighted by Crippen LogP contribution is 2.33. The predicted molar refractivity (Wildman–Crippen MR) is 102 cm³/mol. The molecular weight excluding hydrogens is 350 g/mol. The Kier molecular flexibility index (Phi) is 5.23. The molecule has 3 rings (SSSR count). The van der Waals surface area contributed by atoms with Gasteiger partial charge in [-0.15, -0.1) is 11.3 Å². The van der Waals surface area contributed by atoms with E-state index in [1.54, 1.807) is 19.6 Å². The highest BCUT2D eigenvalue weighted by Gasteiger charge is 2.17. The van der Waals surface area contributed by atoms with Crippen molar-refractivity contribution in [2.24, 2.45) is 0 Å². The summed E-state index contributed by atoms with van der Waals surface area (Å²) in [6.07, 6.45) is 0. The van der Waals surface area contributed by atoms with Crippen LogP contribution in [0.2, 0.25) is 0 Å². The van der Waals surface area contributed by atoms with Crippen molar-refractivity contribution in [1.82, 2.24) is 4.98 Å². The molecule has 0 spiro atoms. The van der Waals surface area contributed by atoms with E-state index in [0.717, 1.165) is 16.7 Å². The molecule has 0 amide bonds. The molecule has 0 saturated heterocycles. The summed E-state index contributed by atoms with van der Waals surface area (Å²) in [5.74, 6) is 1.37. The third kappa shape index (κ3) is 3.55. The standard InChI is InChI=1S/C20H19NO4S/c1-12-6-5-7-13(2)18(12)25-20(22)15-11-26-19(21-15)14-8-9-16(23-3)17(10-14)24-4/h5-11H,1-4H3. The third-order valence-corrected chi connectivity index (χ3v) is 4.84. The van der Waals surface area contributed by atoms with E-state index in [-0.39, 0.29) is 5.69 Å². The molecule has 0 atom stereocenters. The molecule has 134 valence electrons.